The number of aromatic nitrogens is 2. The number of thiazole rings is 1. The summed E-state index contributed by atoms with van der Waals surface area (Å²) in [6, 6.07) is 6.85. The molecule has 3 aromatic rings. The molecule has 23 heavy (non-hydrogen) atoms. The van der Waals surface area contributed by atoms with Crippen LogP contribution >= 0.6 is 11.3 Å². The van der Waals surface area contributed by atoms with Gasteiger partial charge in [-0.05, 0) is 43.5 Å². The molecule has 1 aromatic carbocycles. The van der Waals surface area contributed by atoms with E-state index in [4.69, 9.17) is 0 Å². The molecule has 0 bridgehead atoms. The fourth-order valence-corrected chi connectivity index (χ4v) is 3.92. The Bertz CT molecular complexity index is 933. The van der Waals surface area contributed by atoms with Gasteiger partial charge in [0.1, 0.15) is 5.82 Å². The van der Waals surface area contributed by atoms with E-state index < -0.39 is 0 Å². The van der Waals surface area contributed by atoms with Crippen LogP contribution in [0.1, 0.15) is 24.6 Å². The second-order valence-electron chi connectivity index (χ2n) is 5.93. The van der Waals surface area contributed by atoms with Gasteiger partial charge >= 0.3 is 0 Å². The molecule has 0 aliphatic carbocycles. The van der Waals surface area contributed by atoms with Crippen molar-refractivity contribution in [1.82, 2.24) is 9.38 Å². The third kappa shape index (κ3) is 2.53. The molecule has 1 unspecified atom stereocenters. The summed E-state index contributed by atoms with van der Waals surface area (Å²) >= 11 is 1.45. The number of benzene rings is 1. The van der Waals surface area contributed by atoms with Crippen molar-refractivity contribution in [3.05, 3.63) is 63.3 Å². The minimum Gasteiger partial charge on any atom is -0.363 e. The molecule has 4 nitrogen and oxygen atoms in total. The number of aryl methyl sites for hydroxylation is 1. The molecule has 0 N–H and O–H groups in total. The number of hydrogen-bond donors (Lipinski definition) is 0. The maximum Gasteiger partial charge on any atom is 0.258 e. The van der Waals surface area contributed by atoms with Gasteiger partial charge in [0.2, 0.25) is 0 Å². The van der Waals surface area contributed by atoms with Crippen molar-refractivity contribution in [2.24, 2.45) is 0 Å². The van der Waals surface area contributed by atoms with Gasteiger partial charge in [-0.1, -0.05) is 0 Å². The zero-order chi connectivity index (χ0) is 16.0. The van der Waals surface area contributed by atoms with Crippen molar-refractivity contribution >= 4 is 22.0 Å². The minimum absolute atomic E-state index is 0.0600. The summed E-state index contributed by atoms with van der Waals surface area (Å²) in [6.45, 7) is 2.71. The lowest BCUT2D eigenvalue weighted by Gasteiger charge is -2.37. The molecule has 0 amide bonds. The largest absolute Gasteiger partial charge is 0.363 e. The average molecular weight is 329 g/mol. The lowest BCUT2D eigenvalue weighted by molar-refractivity contribution is 0.550. The van der Waals surface area contributed by atoms with Crippen molar-refractivity contribution in [3.63, 3.8) is 0 Å². The third-order valence-corrected chi connectivity index (χ3v) is 5.16. The zero-order valence-corrected chi connectivity index (χ0v) is 13.5. The molecule has 6 heteroatoms. The average Bonchev–Trinajstić information content (AvgIpc) is 2.99. The van der Waals surface area contributed by atoms with Gasteiger partial charge < -0.3 is 4.90 Å². The maximum atomic E-state index is 13.5. The van der Waals surface area contributed by atoms with Crippen molar-refractivity contribution in [3.8, 4) is 0 Å². The number of nitrogens with zero attached hydrogens (tertiary/aromatic N) is 3. The Kier molecular flexibility index (Phi) is 3.41. The van der Waals surface area contributed by atoms with E-state index in [0.29, 0.717) is 17.5 Å². The first-order valence-electron chi connectivity index (χ1n) is 7.63. The Balaban J connectivity index is 1.73. The van der Waals surface area contributed by atoms with Gasteiger partial charge in [0.25, 0.3) is 5.56 Å². The van der Waals surface area contributed by atoms with Crippen LogP contribution < -0.4 is 10.5 Å². The summed E-state index contributed by atoms with van der Waals surface area (Å²) in [7, 11) is 0. The molecule has 0 saturated heterocycles. The first kappa shape index (κ1) is 14.4. The van der Waals surface area contributed by atoms with Gasteiger partial charge in [0.05, 0.1) is 12.2 Å². The molecule has 4 rings (SSSR count). The van der Waals surface area contributed by atoms with Gasteiger partial charge in [0, 0.05) is 29.4 Å². The summed E-state index contributed by atoms with van der Waals surface area (Å²) in [5.41, 5.74) is 2.76. The normalized spacial score (nSPS) is 17.5. The molecule has 118 valence electrons. The van der Waals surface area contributed by atoms with Crippen LogP contribution in [0, 0.1) is 5.82 Å². The number of halogens is 1. The highest BCUT2D eigenvalue weighted by Crippen LogP contribution is 2.32. The lowest BCUT2D eigenvalue weighted by Crippen LogP contribution is -2.37. The van der Waals surface area contributed by atoms with Crippen LogP contribution in [0.2, 0.25) is 0 Å². The van der Waals surface area contributed by atoms with Crippen molar-refractivity contribution < 1.29 is 4.39 Å². The molecular formula is C17H16FN3OS. The standard InChI is InChI=1S/C17H16FN3OS/c1-11-2-3-12-8-13(18)4-5-15(12)21(11)10-14-9-16(22)20-6-7-23-17(20)19-14/h4-9,11H,2-3,10H2,1H3. The summed E-state index contributed by atoms with van der Waals surface area (Å²) in [6.07, 6.45) is 3.59. The fourth-order valence-electron chi connectivity index (χ4n) is 3.18. The molecule has 0 saturated carbocycles. The van der Waals surface area contributed by atoms with Crippen LogP contribution in [0.4, 0.5) is 10.1 Å². The van der Waals surface area contributed by atoms with E-state index in [2.05, 4.69) is 16.8 Å². The van der Waals surface area contributed by atoms with E-state index in [1.54, 1.807) is 22.7 Å². The van der Waals surface area contributed by atoms with Gasteiger partial charge in [-0.25, -0.2) is 9.37 Å². The van der Waals surface area contributed by atoms with Crippen LogP contribution in [0.15, 0.2) is 40.6 Å². The first-order chi connectivity index (χ1) is 11.1. The van der Waals surface area contributed by atoms with Crippen LogP contribution in [0.5, 0.6) is 0 Å². The van der Waals surface area contributed by atoms with E-state index in [0.717, 1.165) is 29.8 Å². The molecule has 1 atom stereocenters. The molecule has 1 aliphatic heterocycles. The maximum absolute atomic E-state index is 13.5. The molecule has 0 fully saturated rings. The number of hydrogen-bond acceptors (Lipinski definition) is 4. The van der Waals surface area contributed by atoms with Gasteiger partial charge in [-0.2, -0.15) is 0 Å². The van der Waals surface area contributed by atoms with Crippen molar-refractivity contribution in [1.29, 1.82) is 0 Å². The lowest BCUT2D eigenvalue weighted by atomic mass is 9.96. The summed E-state index contributed by atoms with van der Waals surface area (Å²) in [5.74, 6) is -0.199. The Morgan fingerprint density at radius 1 is 1.39 bits per heavy atom. The Morgan fingerprint density at radius 2 is 2.26 bits per heavy atom. The topological polar surface area (TPSA) is 37.6 Å². The van der Waals surface area contributed by atoms with E-state index in [1.807, 2.05) is 11.4 Å². The quantitative estimate of drug-likeness (QED) is 0.724. The Morgan fingerprint density at radius 3 is 3.13 bits per heavy atom. The number of anilines is 1. The number of fused-ring (bicyclic) bond motifs is 2. The van der Waals surface area contributed by atoms with Crippen molar-refractivity contribution in [2.75, 3.05) is 4.90 Å². The van der Waals surface area contributed by atoms with Crippen molar-refractivity contribution in [2.45, 2.75) is 32.4 Å². The van der Waals surface area contributed by atoms with Gasteiger partial charge in [-0.3, -0.25) is 9.20 Å². The SMILES string of the molecule is CC1CCc2cc(F)ccc2N1Cc1cc(=O)n2ccsc2n1. The van der Waals surface area contributed by atoms with Crippen LogP contribution in [-0.4, -0.2) is 15.4 Å². The van der Waals surface area contributed by atoms with Crippen LogP contribution in [-0.2, 0) is 13.0 Å². The molecule has 2 aromatic heterocycles. The smallest absolute Gasteiger partial charge is 0.258 e. The van der Waals surface area contributed by atoms with E-state index >= 15 is 0 Å². The highest BCUT2D eigenvalue weighted by Gasteiger charge is 2.24. The molecule has 0 spiro atoms. The summed E-state index contributed by atoms with van der Waals surface area (Å²) < 4.78 is 15.0. The van der Waals surface area contributed by atoms with Gasteiger partial charge in [-0.15, -0.1) is 11.3 Å². The molecule has 0 radical (unpaired) electrons. The predicted molar refractivity (Wildman–Crippen MR) is 89.7 cm³/mol. The number of rotatable bonds is 2. The van der Waals surface area contributed by atoms with E-state index in [-0.39, 0.29) is 11.4 Å². The minimum atomic E-state index is -0.199. The molecular weight excluding hydrogens is 313 g/mol. The zero-order valence-electron chi connectivity index (χ0n) is 12.7. The monoisotopic (exact) mass is 329 g/mol. The first-order valence-corrected chi connectivity index (χ1v) is 8.50. The van der Waals surface area contributed by atoms with Crippen LogP contribution in [0.3, 0.4) is 0 Å². The fraction of sp³-hybridized carbons (Fsp3) is 0.294. The summed E-state index contributed by atoms with van der Waals surface area (Å²) in [4.78, 5) is 19.6. The van der Waals surface area contributed by atoms with Gasteiger partial charge in [0.15, 0.2) is 4.96 Å². The van der Waals surface area contributed by atoms with E-state index in [9.17, 15) is 9.18 Å². The summed E-state index contributed by atoms with van der Waals surface area (Å²) in [5, 5.41) is 1.86. The second-order valence-corrected chi connectivity index (χ2v) is 6.80. The van der Waals surface area contributed by atoms with Crippen LogP contribution in [0.25, 0.3) is 4.96 Å². The molecule has 3 heterocycles. The second kappa shape index (κ2) is 5.45. The highest BCUT2D eigenvalue weighted by molar-refractivity contribution is 7.15. The molecule has 1 aliphatic rings. The Labute approximate surface area is 136 Å². The third-order valence-electron chi connectivity index (χ3n) is 4.40. The van der Waals surface area contributed by atoms with E-state index in [1.165, 1.54) is 17.4 Å². The Hall–Kier alpha value is -2.21. The highest BCUT2D eigenvalue weighted by atomic mass is 32.1. The predicted octanol–water partition coefficient (Wildman–Crippen LogP) is 3.24.